The van der Waals surface area contributed by atoms with Crippen molar-refractivity contribution < 1.29 is 18.3 Å². The van der Waals surface area contributed by atoms with E-state index < -0.39 is 23.4 Å². The normalized spacial score (nSPS) is 19.1. The standard InChI is InChI=1S/C17H17F2NO2/c18-14-7-6-13(16(20)11-8-9-21-10-11)15(19)17(14)22-12-4-2-1-3-5-12/h1-7,11,16H,8-10,20H2/t11-,16-/m0/s1. The first-order valence-electron chi connectivity index (χ1n) is 7.21. The smallest absolute Gasteiger partial charge is 0.198 e. The molecule has 1 heterocycles. The molecule has 22 heavy (non-hydrogen) atoms. The largest absolute Gasteiger partial charge is 0.451 e. The maximum atomic E-state index is 14.6. The van der Waals surface area contributed by atoms with Crippen LogP contribution in [0.2, 0.25) is 0 Å². The summed E-state index contributed by atoms with van der Waals surface area (Å²) in [4.78, 5) is 0. The van der Waals surface area contributed by atoms with Crippen LogP contribution in [-0.2, 0) is 4.74 Å². The third-order valence-electron chi connectivity index (χ3n) is 3.87. The fraction of sp³-hybridized carbons (Fsp3) is 0.294. The van der Waals surface area contributed by atoms with Crippen molar-refractivity contribution in [2.75, 3.05) is 13.2 Å². The van der Waals surface area contributed by atoms with E-state index in [9.17, 15) is 8.78 Å². The first-order chi connectivity index (χ1) is 10.7. The molecule has 1 aliphatic rings. The molecule has 3 nitrogen and oxygen atoms in total. The summed E-state index contributed by atoms with van der Waals surface area (Å²) in [5, 5.41) is 0. The van der Waals surface area contributed by atoms with Crippen LogP contribution in [-0.4, -0.2) is 13.2 Å². The van der Waals surface area contributed by atoms with Crippen LogP contribution in [0, 0.1) is 17.6 Å². The molecule has 0 unspecified atom stereocenters. The summed E-state index contributed by atoms with van der Waals surface area (Å²) in [7, 11) is 0. The maximum absolute atomic E-state index is 14.6. The lowest BCUT2D eigenvalue weighted by Crippen LogP contribution is -2.23. The fourth-order valence-electron chi connectivity index (χ4n) is 2.60. The average molecular weight is 305 g/mol. The van der Waals surface area contributed by atoms with Gasteiger partial charge in [0, 0.05) is 24.1 Å². The minimum atomic E-state index is -0.750. The Morgan fingerprint density at radius 3 is 2.59 bits per heavy atom. The molecule has 0 bridgehead atoms. The van der Waals surface area contributed by atoms with Crippen LogP contribution >= 0.6 is 0 Å². The molecule has 0 saturated carbocycles. The molecular formula is C17H17F2NO2. The van der Waals surface area contributed by atoms with Crippen molar-refractivity contribution in [1.82, 2.24) is 0 Å². The summed E-state index contributed by atoms with van der Waals surface area (Å²) in [6.45, 7) is 1.11. The van der Waals surface area contributed by atoms with Gasteiger partial charge in [-0.25, -0.2) is 8.78 Å². The van der Waals surface area contributed by atoms with Gasteiger partial charge in [0.1, 0.15) is 5.75 Å². The van der Waals surface area contributed by atoms with Crippen LogP contribution in [0.15, 0.2) is 42.5 Å². The Balaban J connectivity index is 1.91. The molecule has 116 valence electrons. The van der Waals surface area contributed by atoms with Crippen molar-refractivity contribution >= 4 is 0 Å². The van der Waals surface area contributed by atoms with Gasteiger partial charge in [0.25, 0.3) is 0 Å². The number of hydrogen-bond acceptors (Lipinski definition) is 3. The Labute approximate surface area is 127 Å². The first kappa shape index (κ1) is 14.9. The Morgan fingerprint density at radius 2 is 1.91 bits per heavy atom. The molecule has 1 saturated heterocycles. The number of benzene rings is 2. The van der Waals surface area contributed by atoms with E-state index in [0.717, 1.165) is 6.42 Å². The molecule has 3 rings (SSSR count). The number of rotatable bonds is 4. The second kappa shape index (κ2) is 6.42. The quantitative estimate of drug-likeness (QED) is 0.934. The zero-order valence-corrected chi connectivity index (χ0v) is 12.0. The van der Waals surface area contributed by atoms with Crippen molar-refractivity contribution in [2.24, 2.45) is 11.7 Å². The van der Waals surface area contributed by atoms with Gasteiger partial charge in [0.05, 0.1) is 6.61 Å². The van der Waals surface area contributed by atoms with Crippen LogP contribution in [0.5, 0.6) is 11.5 Å². The summed E-state index contributed by atoms with van der Waals surface area (Å²) in [6.07, 6.45) is 0.771. The maximum Gasteiger partial charge on any atom is 0.198 e. The molecule has 2 aromatic carbocycles. The third-order valence-corrected chi connectivity index (χ3v) is 3.87. The van der Waals surface area contributed by atoms with Crippen molar-refractivity contribution in [1.29, 1.82) is 0 Å². The highest BCUT2D eigenvalue weighted by Crippen LogP contribution is 2.35. The number of para-hydroxylation sites is 1. The van der Waals surface area contributed by atoms with E-state index in [0.29, 0.717) is 19.0 Å². The molecule has 0 aliphatic carbocycles. The number of halogens is 2. The van der Waals surface area contributed by atoms with Gasteiger partial charge in [-0.2, -0.15) is 0 Å². The highest BCUT2D eigenvalue weighted by Gasteiger charge is 2.28. The summed E-state index contributed by atoms with van der Waals surface area (Å²) < 4.78 is 39.2. The predicted octanol–water partition coefficient (Wildman–Crippen LogP) is 3.79. The SMILES string of the molecule is N[C@H](c1ccc(F)c(Oc2ccccc2)c1F)[C@H]1CCOC1. The fourth-order valence-corrected chi connectivity index (χ4v) is 2.60. The molecule has 2 aromatic rings. The minimum Gasteiger partial charge on any atom is -0.451 e. The zero-order chi connectivity index (χ0) is 15.5. The zero-order valence-electron chi connectivity index (χ0n) is 12.0. The van der Waals surface area contributed by atoms with Gasteiger partial charge in [-0.05, 0) is 24.6 Å². The van der Waals surface area contributed by atoms with E-state index >= 15 is 0 Å². The highest BCUT2D eigenvalue weighted by atomic mass is 19.1. The van der Waals surface area contributed by atoms with Gasteiger partial charge in [-0.3, -0.25) is 0 Å². The molecule has 0 amide bonds. The van der Waals surface area contributed by atoms with Crippen LogP contribution < -0.4 is 10.5 Å². The Kier molecular flexibility index (Phi) is 4.36. The second-order valence-electron chi connectivity index (χ2n) is 5.34. The number of ether oxygens (including phenoxy) is 2. The monoisotopic (exact) mass is 305 g/mol. The molecule has 2 atom stereocenters. The molecule has 1 aliphatic heterocycles. The topological polar surface area (TPSA) is 44.5 Å². The lowest BCUT2D eigenvalue weighted by Gasteiger charge is -2.20. The average Bonchev–Trinajstić information content (AvgIpc) is 3.06. The summed E-state index contributed by atoms with van der Waals surface area (Å²) in [5.74, 6) is -1.51. The third kappa shape index (κ3) is 2.96. The molecular weight excluding hydrogens is 288 g/mol. The van der Waals surface area contributed by atoms with Gasteiger partial charge >= 0.3 is 0 Å². The van der Waals surface area contributed by atoms with Crippen molar-refractivity contribution in [3.63, 3.8) is 0 Å². The minimum absolute atomic E-state index is 0.0320. The Morgan fingerprint density at radius 1 is 1.14 bits per heavy atom. The van der Waals surface area contributed by atoms with Crippen molar-refractivity contribution in [3.8, 4) is 11.5 Å². The molecule has 0 aromatic heterocycles. The van der Waals surface area contributed by atoms with Crippen molar-refractivity contribution in [2.45, 2.75) is 12.5 Å². The van der Waals surface area contributed by atoms with E-state index in [1.165, 1.54) is 12.1 Å². The van der Waals surface area contributed by atoms with Crippen LogP contribution in [0.1, 0.15) is 18.0 Å². The van der Waals surface area contributed by atoms with E-state index in [1.807, 2.05) is 0 Å². The molecule has 0 radical (unpaired) electrons. The van der Waals surface area contributed by atoms with Gasteiger partial charge in [0.15, 0.2) is 17.4 Å². The molecule has 2 N–H and O–H groups in total. The molecule has 1 fully saturated rings. The Bertz CT molecular complexity index is 643. The summed E-state index contributed by atoms with van der Waals surface area (Å²) in [6, 6.07) is 10.6. The van der Waals surface area contributed by atoms with Gasteiger partial charge in [-0.1, -0.05) is 24.3 Å². The predicted molar refractivity (Wildman–Crippen MR) is 78.7 cm³/mol. The first-order valence-corrected chi connectivity index (χ1v) is 7.21. The number of hydrogen-bond donors (Lipinski definition) is 1. The summed E-state index contributed by atoms with van der Waals surface area (Å²) >= 11 is 0. The van der Waals surface area contributed by atoms with E-state index in [-0.39, 0.29) is 11.5 Å². The summed E-state index contributed by atoms with van der Waals surface area (Å²) in [5.41, 5.74) is 6.37. The number of nitrogens with two attached hydrogens (primary N) is 1. The van der Waals surface area contributed by atoms with E-state index in [4.69, 9.17) is 15.2 Å². The van der Waals surface area contributed by atoms with E-state index in [2.05, 4.69) is 0 Å². The van der Waals surface area contributed by atoms with Crippen LogP contribution in [0.3, 0.4) is 0 Å². The molecule has 5 heteroatoms. The van der Waals surface area contributed by atoms with Crippen LogP contribution in [0.4, 0.5) is 8.78 Å². The van der Waals surface area contributed by atoms with Crippen LogP contribution in [0.25, 0.3) is 0 Å². The van der Waals surface area contributed by atoms with Gasteiger partial charge < -0.3 is 15.2 Å². The highest BCUT2D eigenvalue weighted by molar-refractivity contribution is 5.38. The van der Waals surface area contributed by atoms with E-state index in [1.54, 1.807) is 30.3 Å². The second-order valence-corrected chi connectivity index (χ2v) is 5.34. The van der Waals surface area contributed by atoms with Crippen molar-refractivity contribution in [3.05, 3.63) is 59.7 Å². The molecule has 0 spiro atoms. The Hall–Kier alpha value is -1.98. The van der Waals surface area contributed by atoms with Gasteiger partial charge in [-0.15, -0.1) is 0 Å². The van der Waals surface area contributed by atoms with Gasteiger partial charge in [0.2, 0.25) is 0 Å². The lowest BCUT2D eigenvalue weighted by atomic mass is 9.92. The lowest BCUT2D eigenvalue weighted by molar-refractivity contribution is 0.180.